The van der Waals surface area contributed by atoms with Crippen molar-refractivity contribution in [1.82, 2.24) is 19.9 Å². The molecule has 7 heteroatoms. The molecule has 0 radical (unpaired) electrons. The molecular formula is C19H22N4O3. The molecule has 0 spiro atoms. The molecular weight excluding hydrogens is 332 g/mol. The molecule has 1 amide bonds. The lowest BCUT2D eigenvalue weighted by Gasteiger charge is -2.31. The van der Waals surface area contributed by atoms with Gasteiger partial charge in [0.25, 0.3) is 5.91 Å². The lowest BCUT2D eigenvalue weighted by Crippen LogP contribution is -2.39. The summed E-state index contributed by atoms with van der Waals surface area (Å²) in [5.74, 6) is 0.846. The van der Waals surface area contributed by atoms with Gasteiger partial charge >= 0.3 is 0 Å². The summed E-state index contributed by atoms with van der Waals surface area (Å²) in [6.45, 7) is 2.32. The quantitative estimate of drug-likeness (QED) is 0.759. The van der Waals surface area contributed by atoms with Gasteiger partial charge in [-0.3, -0.25) is 9.48 Å². The van der Waals surface area contributed by atoms with Crippen molar-refractivity contribution in [2.75, 3.05) is 19.7 Å². The molecule has 3 aromatic rings. The van der Waals surface area contributed by atoms with Crippen LogP contribution in [0.3, 0.4) is 0 Å². The molecule has 1 aliphatic rings. The van der Waals surface area contributed by atoms with E-state index >= 15 is 0 Å². The second-order valence-corrected chi connectivity index (χ2v) is 6.79. The van der Waals surface area contributed by atoms with Crippen LogP contribution in [-0.2, 0) is 13.0 Å². The number of aromatic nitrogens is 3. The minimum Gasteiger partial charge on any atom is -0.451 e. The second-order valence-electron chi connectivity index (χ2n) is 6.79. The maximum absolute atomic E-state index is 12.7. The number of benzene rings is 1. The van der Waals surface area contributed by atoms with E-state index in [0.717, 1.165) is 49.1 Å². The summed E-state index contributed by atoms with van der Waals surface area (Å²) in [5.41, 5.74) is 1.56. The van der Waals surface area contributed by atoms with E-state index in [2.05, 4.69) is 10.3 Å². The highest BCUT2D eigenvalue weighted by molar-refractivity contribution is 5.96. The van der Waals surface area contributed by atoms with E-state index in [4.69, 9.17) is 9.52 Å². The highest BCUT2D eigenvalue weighted by atomic mass is 16.3. The van der Waals surface area contributed by atoms with Gasteiger partial charge in [0.1, 0.15) is 5.58 Å². The Balaban J connectivity index is 1.34. The summed E-state index contributed by atoms with van der Waals surface area (Å²) in [6.07, 6.45) is 4.29. The number of nitrogens with zero attached hydrogens (tertiary/aromatic N) is 4. The number of fused-ring (bicyclic) bond motifs is 1. The fraction of sp³-hybridized carbons (Fsp3) is 0.421. The largest absolute Gasteiger partial charge is 0.451 e. The molecule has 0 bridgehead atoms. The minimum atomic E-state index is -0.0364. The number of amides is 1. The monoisotopic (exact) mass is 354 g/mol. The molecule has 7 nitrogen and oxygen atoms in total. The average molecular weight is 354 g/mol. The van der Waals surface area contributed by atoms with E-state index < -0.39 is 0 Å². The van der Waals surface area contributed by atoms with Crippen LogP contribution in [0.2, 0.25) is 0 Å². The molecule has 1 N–H and O–H groups in total. The Labute approximate surface area is 151 Å². The Morgan fingerprint density at radius 3 is 2.85 bits per heavy atom. The summed E-state index contributed by atoms with van der Waals surface area (Å²) in [4.78, 5) is 14.6. The third-order valence-electron chi connectivity index (χ3n) is 4.94. The standard InChI is InChI=1S/C19H22N4O3/c24-10-7-16-13-23(21-20-16)12-14-5-8-22(9-6-14)19(25)18-11-15-3-1-2-4-17(15)26-18/h1-4,11,13-14,24H,5-10,12H2. The van der Waals surface area contributed by atoms with Crippen LogP contribution >= 0.6 is 0 Å². The van der Waals surface area contributed by atoms with Crippen LogP contribution in [-0.4, -0.2) is 50.6 Å². The van der Waals surface area contributed by atoms with Crippen LogP contribution in [0.5, 0.6) is 0 Å². The molecule has 0 aliphatic carbocycles. The Kier molecular flexibility index (Phi) is 4.71. The Hall–Kier alpha value is -2.67. The molecule has 0 atom stereocenters. The zero-order valence-electron chi connectivity index (χ0n) is 14.5. The molecule has 4 rings (SSSR count). The van der Waals surface area contributed by atoms with Gasteiger partial charge in [-0.05, 0) is 30.9 Å². The van der Waals surface area contributed by atoms with Gasteiger partial charge in [0, 0.05) is 44.2 Å². The number of furan rings is 1. The summed E-state index contributed by atoms with van der Waals surface area (Å²) in [6, 6.07) is 9.49. The van der Waals surface area contributed by atoms with Crippen molar-refractivity contribution in [3.63, 3.8) is 0 Å². The van der Waals surface area contributed by atoms with E-state index in [9.17, 15) is 4.79 Å². The number of rotatable bonds is 5. The first-order valence-electron chi connectivity index (χ1n) is 9.00. The Morgan fingerprint density at radius 2 is 2.08 bits per heavy atom. The van der Waals surface area contributed by atoms with E-state index in [1.807, 2.05) is 46.1 Å². The van der Waals surface area contributed by atoms with E-state index in [1.165, 1.54) is 0 Å². The molecule has 0 unspecified atom stereocenters. The number of aliphatic hydroxyl groups is 1. The number of hydrogen-bond acceptors (Lipinski definition) is 5. The molecule has 136 valence electrons. The number of likely N-dealkylation sites (tertiary alicyclic amines) is 1. The van der Waals surface area contributed by atoms with E-state index in [1.54, 1.807) is 0 Å². The van der Waals surface area contributed by atoms with Gasteiger partial charge in [-0.2, -0.15) is 0 Å². The van der Waals surface area contributed by atoms with Crippen molar-refractivity contribution in [3.05, 3.63) is 48.0 Å². The highest BCUT2D eigenvalue weighted by Crippen LogP contribution is 2.24. The maximum Gasteiger partial charge on any atom is 0.289 e. The van der Waals surface area contributed by atoms with Crippen molar-refractivity contribution in [1.29, 1.82) is 0 Å². The van der Waals surface area contributed by atoms with Crippen molar-refractivity contribution < 1.29 is 14.3 Å². The van der Waals surface area contributed by atoms with Gasteiger partial charge < -0.3 is 14.4 Å². The molecule has 1 aliphatic heterocycles. The van der Waals surface area contributed by atoms with E-state index in [-0.39, 0.29) is 12.5 Å². The third-order valence-corrected chi connectivity index (χ3v) is 4.94. The molecule has 3 heterocycles. The maximum atomic E-state index is 12.7. The van der Waals surface area contributed by atoms with Gasteiger partial charge in [-0.1, -0.05) is 23.4 Å². The first kappa shape index (κ1) is 16.8. The van der Waals surface area contributed by atoms with Gasteiger partial charge in [0.2, 0.25) is 0 Å². The highest BCUT2D eigenvalue weighted by Gasteiger charge is 2.26. The van der Waals surface area contributed by atoms with Crippen LogP contribution in [0.1, 0.15) is 29.1 Å². The number of aliphatic hydroxyl groups excluding tert-OH is 1. The number of piperidine rings is 1. The van der Waals surface area contributed by atoms with Gasteiger partial charge in [-0.25, -0.2) is 0 Å². The SMILES string of the molecule is O=C(c1cc2ccccc2o1)N1CCC(Cn2cc(CCO)nn2)CC1. The normalized spacial score (nSPS) is 15.7. The predicted molar refractivity (Wildman–Crippen MR) is 95.7 cm³/mol. The smallest absolute Gasteiger partial charge is 0.289 e. The Morgan fingerprint density at radius 1 is 1.27 bits per heavy atom. The first-order chi connectivity index (χ1) is 12.7. The van der Waals surface area contributed by atoms with Crippen LogP contribution in [0.15, 0.2) is 40.9 Å². The molecule has 0 saturated carbocycles. The molecule has 26 heavy (non-hydrogen) atoms. The number of hydrogen-bond donors (Lipinski definition) is 1. The van der Waals surface area contributed by atoms with E-state index in [0.29, 0.717) is 18.1 Å². The molecule has 1 saturated heterocycles. The zero-order valence-corrected chi connectivity index (χ0v) is 14.5. The van der Waals surface area contributed by atoms with Gasteiger partial charge in [0.05, 0.1) is 5.69 Å². The van der Waals surface area contributed by atoms with Crippen LogP contribution in [0, 0.1) is 5.92 Å². The second kappa shape index (κ2) is 7.29. The summed E-state index contributed by atoms with van der Waals surface area (Å²) < 4.78 is 7.54. The zero-order chi connectivity index (χ0) is 17.9. The molecule has 1 fully saturated rings. The number of carbonyl (C=O) groups is 1. The topological polar surface area (TPSA) is 84.4 Å². The summed E-state index contributed by atoms with van der Waals surface area (Å²) in [5, 5.41) is 18.1. The lowest BCUT2D eigenvalue weighted by molar-refractivity contribution is 0.0651. The number of para-hydroxylation sites is 1. The molecule has 2 aromatic heterocycles. The first-order valence-corrected chi connectivity index (χ1v) is 9.00. The predicted octanol–water partition coefficient (Wildman–Crippen LogP) is 2.11. The third kappa shape index (κ3) is 3.48. The molecule has 1 aromatic carbocycles. The van der Waals surface area contributed by atoms with Crippen molar-refractivity contribution in [3.8, 4) is 0 Å². The van der Waals surface area contributed by atoms with Crippen molar-refractivity contribution in [2.45, 2.75) is 25.8 Å². The fourth-order valence-electron chi connectivity index (χ4n) is 3.48. The Bertz CT molecular complexity index is 860. The summed E-state index contributed by atoms with van der Waals surface area (Å²) in [7, 11) is 0. The van der Waals surface area contributed by atoms with Crippen LogP contribution < -0.4 is 0 Å². The van der Waals surface area contributed by atoms with Gasteiger partial charge in [-0.15, -0.1) is 5.10 Å². The minimum absolute atomic E-state index is 0.0364. The lowest BCUT2D eigenvalue weighted by atomic mass is 9.96. The van der Waals surface area contributed by atoms with Gasteiger partial charge in [0.15, 0.2) is 5.76 Å². The fourth-order valence-corrected chi connectivity index (χ4v) is 3.48. The van der Waals surface area contributed by atoms with Crippen molar-refractivity contribution in [2.24, 2.45) is 5.92 Å². The van der Waals surface area contributed by atoms with Crippen molar-refractivity contribution >= 4 is 16.9 Å². The number of carbonyl (C=O) groups excluding carboxylic acids is 1. The average Bonchev–Trinajstić information content (AvgIpc) is 3.29. The van der Waals surface area contributed by atoms with Crippen LogP contribution in [0.25, 0.3) is 11.0 Å². The van der Waals surface area contributed by atoms with Crippen LogP contribution in [0.4, 0.5) is 0 Å². The summed E-state index contributed by atoms with van der Waals surface area (Å²) >= 11 is 0.